The first-order chi connectivity index (χ1) is 19.0. The van der Waals surface area contributed by atoms with Crippen LogP contribution in [0.2, 0.25) is 0 Å². The van der Waals surface area contributed by atoms with Crippen LogP contribution < -0.4 is 14.8 Å². The predicted octanol–water partition coefficient (Wildman–Crippen LogP) is 4.54. The van der Waals surface area contributed by atoms with Gasteiger partial charge in [0, 0.05) is 0 Å². The zero-order chi connectivity index (χ0) is 28.7. The van der Waals surface area contributed by atoms with Crippen LogP contribution in [0.3, 0.4) is 0 Å². The van der Waals surface area contributed by atoms with E-state index in [1.165, 1.54) is 24.3 Å². The van der Waals surface area contributed by atoms with Crippen molar-refractivity contribution in [1.82, 2.24) is 19.5 Å². The molecule has 4 atom stereocenters. The standard InChI is InChI=1S/C25H25F3N5O6P/c1-14-3-7-16(8-4-14)38-40(35,39-17-9-5-15(2)6-10-17)36-11-25(24(27)28)20(34)18(26)23(37-25)33-13-32-19-21(29)30-12-31-22(19)33/h3-10,12-13,18,20,23-24,34H,11H2,1-2H3,(H2,29,30,31)/t18-,20+,23-,25-/m1/s1. The number of rotatable bonds is 9. The van der Waals surface area contributed by atoms with Gasteiger partial charge in [-0.2, -0.15) is 0 Å². The van der Waals surface area contributed by atoms with Crippen LogP contribution in [-0.2, 0) is 13.8 Å². The average Bonchev–Trinajstić information content (AvgIpc) is 3.46. The Balaban J connectivity index is 1.45. The number of nitrogens with zero attached hydrogens (tertiary/aromatic N) is 4. The quantitative estimate of drug-likeness (QED) is 0.271. The summed E-state index contributed by atoms with van der Waals surface area (Å²) in [7, 11) is -4.70. The zero-order valence-corrected chi connectivity index (χ0v) is 22.1. The van der Waals surface area contributed by atoms with Gasteiger partial charge in [0.15, 0.2) is 29.5 Å². The van der Waals surface area contributed by atoms with Crippen LogP contribution in [-0.4, -0.2) is 55.5 Å². The molecule has 0 aliphatic carbocycles. The largest absolute Gasteiger partial charge is 0.587 e. The smallest absolute Gasteiger partial charge is 0.395 e. The minimum absolute atomic E-state index is 0.00517. The van der Waals surface area contributed by atoms with E-state index in [1.54, 1.807) is 24.3 Å². The van der Waals surface area contributed by atoms with E-state index in [1.807, 2.05) is 13.8 Å². The highest BCUT2D eigenvalue weighted by Crippen LogP contribution is 2.52. The van der Waals surface area contributed by atoms with Gasteiger partial charge in [-0.15, -0.1) is 0 Å². The van der Waals surface area contributed by atoms with E-state index < -0.39 is 45.0 Å². The van der Waals surface area contributed by atoms with Crippen molar-refractivity contribution < 1.29 is 41.2 Å². The first-order valence-electron chi connectivity index (χ1n) is 12.0. The Hall–Kier alpha value is -3.71. The van der Waals surface area contributed by atoms with E-state index >= 15 is 4.39 Å². The molecule has 3 N–H and O–H groups in total. The number of aliphatic hydroxyl groups excluding tert-OH is 1. The molecule has 2 aromatic heterocycles. The van der Waals surface area contributed by atoms with Crippen LogP contribution in [0.1, 0.15) is 17.4 Å². The summed E-state index contributed by atoms with van der Waals surface area (Å²) in [5, 5.41) is 10.7. The molecule has 0 spiro atoms. The molecule has 0 radical (unpaired) electrons. The number of ether oxygens (including phenoxy) is 1. The Labute approximate surface area is 226 Å². The number of alkyl halides is 3. The van der Waals surface area contributed by atoms with Gasteiger partial charge in [-0.3, -0.25) is 9.09 Å². The summed E-state index contributed by atoms with van der Waals surface area (Å²) in [5.74, 6) is 0.0930. The third-order valence-corrected chi connectivity index (χ3v) is 7.68. The lowest BCUT2D eigenvalue weighted by atomic mass is 9.97. The second kappa shape index (κ2) is 10.7. The van der Waals surface area contributed by atoms with E-state index in [0.717, 1.165) is 28.3 Å². The number of hydrogen-bond donors (Lipinski definition) is 2. The van der Waals surface area contributed by atoms with Gasteiger partial charge >= 0.3 is 7.82 Å². The van der Waals surface area contributed by atoms with Crippen molar-refractivity contribution in [1.29, 1.82) is 0 Å². The molecule has 1 aliphatic rings. The van der Waals surface area contributed by atoms with Crippen molar-refractivity contribution >= 4 is 24.8 Å². The van der Waals surface area contributed by atoms with Crippen molar-refractivity contribution in [3.8, 4) is 11.5 Å². The number of aryl methyl sites for hydroxylation is 2. The summed E-state index contributed by atoms with van der Waals surface area (Å²) in [6.07, 6.45) is -7.94. The van der Waals surface area contributed by atoms with Crippen LogP contribution in [0, 0.1) is 13.8 Å². The van der Waals surface area contributed by atoms with Gasteiger partial charge in [0.05, 0.1) is 12.9 Å². The Morgan fingerprint density at radius 3 is 2.17 bits per heavy atom. The number of nitrogens with two attached hydrogens (primary N) is 1. The summed E-state index contributed by atoms with van der Waals surface area (Å²) < 4.78 is 81.1. The molecule has 3 heterocycles. The molecule has 212 valence electrons. The average molecular weight is 579 g/mol. The third kappa shape index (κ3) is 5.22. The number of fused-ring (bicyclic) bond motifs is 1. The van der Waals surface area contributed by atoms with Crippen molar-refractivity contribution in [3.63, 3.8) is 0 Å². The van der Waals surface area contributed by atoms with E-state index in [0.29, 0.717) is 0 Å². The topological polar surface area (TPSA) is 144 Å². The molecule has 0 unspecified atom stereocenters. The number of hydrogen-bond acceptors (Lipinski definition) is 10. The molecule has 1 saturated heterocycles. The fraction of sp³-hybridized carbons (Fsp3) is 0.320. The molecule has 40 heavy (non-hydrogen) atoms. The SMILES string of the molecule is Cc1ccc(OP(=O)(OC[C@@]2(C(F)F)O[C@@H](n3cnc4c(N)ncnc43)[C@H](F)[C@@H]2O)Oc2ccc(C)cc2)cc1. The summed E-state index contributed by atoms with van der Waals surface area (Å²) >= 11 is 0. The highest BCUT2D eigenvalue weighted by molar-refractivity contribution is 7.49. The predicted molar refractivity (Wildman–Crippen MR) is 137 cm³/mol. The Kier molecular flexibility index (Phi) is 7.44. The van der Waals surface area contributed by atoms with Gasteiger partial charge in [-0.25, -0.2) is 32.7 Å². The molecule has 1 aliphatic heterocycles. The maximum Gasteiger partial charge on any atom is 0.587 e. The lowest BCUT2D eigenvalue weighted by Gasteiger charge is -2.31. The number of aromatic nitrogens is 4. The maximum absolute atomic E-state index is 15.4. The number of anilines is 1. The fourth-order valence-electron chi connectivity index (χ4n) is 4.12. The van der Waals surface area contributed by atoms with Gasteiger partial charge in [-0.05, 0) is 38.1 Å². The number of imidazole rings is 1. The highest BCUT2D eigenvalue weighted by atomic mass is 31.2. The fourth-order valence-corrected chi connectivity index (χ4v) is 5.38. The Morgan fingerprint density at radius 1 is 1.05 bits per heavy atom. The maximum atomic E-state index is 15.4. The summed E-state index contributed by atoms with van der Waals surface area (Å²) in [5.41, 5.74) is 4.62. The number of aliphatic hydroxyl groups is 1. The van der Waals surface area contributed by atoms with Crippen LogP contribution in [0.4, 0.5) is 19.0 Å². The summed E-state index contributed by atoms with van der Waals surface area (Å²) in [6.45, 7) is 2.38. The van der Waals surface area contributed by atoms with Crippen molar-refractivity contribution in [2.24, 2.45) is 0 Å². The number of nitrogen functional groups attached to an aromatic ring is 1. The summed E-state index contributed by atoms with van der Waals surface area (Å²) in [6, 6.07) is 12.6. The minimum Gasteiger partial charge on any atom is -0.395 e. The van der Waals surface area contributed by atoms with Crippen molar-refractivity contribution in [2.45, 2.75) is 44.4 Å². The number of halogens is 3. The first-order valence-corrected chi connectivity index (χ1v) is 13.5. The molecular formula is C25H25F3N5O6P. The molecule has 4 aromatic rings. The van der Waals surface area contributed by atoms with Crippen LogP contribution in [0.5, 0.6) is 11.5 Å². The van der Waals surface area contributed by atoms with E-state index in [9.17, 15) is 18.5 Å². The van der Waals surface area contributed by atoms with Gasteiger partial charge < -0.3 is 24.6 Å². The lowest BCUT2D eigenvalue weighted by Crippen LogP contribution is -2.52. The molecule has 11 nitrogen and oxygen atoms in total. The molecular weight excluding hydrogens is 554 g/mol. The molecule has 2 aromatic carbocycles. The zero-order valence-electron chi connectivity index (χ0n) is 21.2. The van der Waals surface area contributed by atoms with Crippen LogP contribution >= 0.6 is 7.82 Å². The third-order valence-electron chi connectivity index (χ3n) is 6.37. The second-order valence-corrected chi connectivity index (χ2v) is 10.8. The molecule has 0 saturated carbocycles. The van der Waals surface area contributed by atoms with Crippen molar-refractivity contribution in [2.75, 3.05) is 12.3 Å². The van der Waals surface area contributed by atoms with Gasteiger partial charge in [0.25, 0.3) is 6.43 Å². The molecule has 15 heteroatoms. The Morgan fingerprint density at radius 2 is 1.62 bits per heavy atom. The molecule has 0 amide bonds. The molecule has 0 bridgehead atoms. The first kappa shape index (κ1) is 27.8. The molecule has 5 rings (SSSR count). The summed E-state index contributed by atoms with van der Waals surface area (Å²) in [4.78, 5) is 11.7. The second-order valence-electron chi connectivity index (χ2n) is 9.27. The monoisotopic (exact) mass is 579 g/mol. The van der Waals surface area contributed by atoms with Crippen LogP contribution in [0.25, 0.3) is 11.2 Å². The van der Waals surface area contributed by atoms with Crippen LogP contribution in [0.15, 0.2) is 61.2 Å². The van der Waals surface area contributed by atoms with Gasteiger partial charge in [0.1, 0.15) is 29.4 Å². The van der Waals surface area contributed by atoms with E-state index in [2.05, 4.69) is 15.0 Å². The van der Waals surface area contributed by atoms with Gasteiger partial charge in [0.2, 0.25) is 0 Å². The number of phosphoric ester groups is 1. The van der Waals surface area contributed by atoms with Gasteiger partial charge in [-0.1, -0.05) is 35.4 Å². The van der Waals surface area contributed by atoms with E-state index in [4.69, 9.17) is 24.0 Å². The minimum atomic E-state index is -4.70. The number of phosphoric acid groups is 1. The number of benzene rings is 2. The lowest BCUT2D eigenvalue weighted by molar-refractivity contribution is -0.192. The van der Waals surface area contributed by atoms with Crippen molar-refractivity contribution in [3.05, 3.63) is 72.3 Å². The molecule has 1 fully saturated rings. The normalized spacial score (nSPS) is 23.1. The highest BCUT2D eigenvalue weighted by Gasteiger charge is 2.62. The Bertz CT molecular complexity index is 1490. The van der Waals surface area contributed by atoms with E-state index in [-0.39, 0.29) is 28.5 Å².